The largest absolute Gasteiger partial charge is 0.313 e. The third kappa shape index (κ3) is 5.14. The summed E-state index contributed by atoms with van der Waals surface area (Å²) >= 11 is 0. The van der Waals surface area contributed by atoms with Crippen molar-refractivity contribution in [2.24, 2.45) is 5.92 Å². The van der Waals surface area contributed by atoms with Crippen LogP contribution in [0.2, 0.25) is 0 Å². The van der Waals surface area contributed by atoms with Gasteiger partial charge in [0.2, 0.25) is 0 Å². The molecule has 228 valence electrons. The molecule has 2 atom stereocenters. The number of hydrogen-bond acceptors (Lipinski definition) is 0. The van der Waals surface area contributed by atoms with Crippen molar-refractivity contribution in [3.63, 3.8) is 0 Å². The maximum absolute atomic E-state index is 2.58. The first-order valence-electron chi connectivity index (χ1n) is 16.7. The van der Waals surface area contributed by atoms with Crippen LogP contribution in [0.5, 0.6) is 0 Å². The minimum atomic E-state index is -1.82. The van der Waals surface area contributed by atoms with Crippen LogP contribution in [0.1, 0.15) is 76.8 Å². The number of rotatable bonds is 7. The first-order valence-corrected chi connectivity index (χ1v) is 18.3. The molecule has 45 heavy (non-hydrogen) atoms. The Bertz CT molecular complexity index is 1970. The van der Waals surface area contributed by atoms with Crippen LogP contribution >= 0.6 is 10.0 Å². The van der Waals surface area contributed by atoms with Crippen LogP contribution in [0.3, 0.4) is 0 Å². The molecule has 0 saturated heterocycles. The van der Waals surface area contributed by atoms with E-state index in [1.54, 1.807) is 0 Å². The molecule has 7 rings (SSSR count). The number of allylic oxidation sites excluding steroid dienone is 7. The Morgan fingerprint density at radius 2 is 1.40 bits per heavy atom. The number of aromatic nitrogens is 1. The van der Waals surface area contributed by atoms with Crippen LogP contribution < -0.4 is 0 Å². The molecule has 1 unspecified atom stereocenters. The molecule has 0 N–H and O–H groups in total. The SMILES string of the molecule is CC(C)c1cc(C(C)C)cc(S(C2=C[C@@H](C)CC=C2)(c2ccccc2)c2ccc3c(c2)c2ccccc2n3C2=CC=CCC2)c1. The number of nitrogens with zero attached hydrogens (tertiary/aromatic N) is 1. The number of hydrogen-bond donors (Lipinski definition) is 0. The summed E-state index contributed by atoms with van der Waals surface area (Å²) in [6.45, 7) is 11.7. The van der Waals surface area contributed by atoms with Crippen molar-refractivity contribution < 1.29 is 0 Å². The summed E-state index contributed by atoms with van der Waals surface area (Å²) in [6.07, 6.45) is 17.5. The Hall–Kier alpha value is -4.01. The lowest BCUT2D eigenvalue weighted by atomic mass is 9.96. The number of fused-ring (bicyclic) bond motifs is 3. The van der Waals surface area contributed by atoms with Gasteiger partial charge in [0.05, 0.1) is 11.0 Å². The quantitative estimate of drug-likeness (QED) is 0.173. The zero-order chi connectivity index (χ0) is 31.1. The Morgan fingerprint density at radius 1 is 0.689 bits per heavy atom. The van der Waals surface area contributed by atoms with Gasteiger partial charge in [-0.2, -0.15) is 0 Å². The van der Waals surface area contributed by atoms with Crippen molar-refractivity contribution in [2.45, 2.75) is 80.4 Å². The lowest BCUT2D eigenvalue weighted by Crippen LogP contribution is -2.10. The van der Waals surface area contributed by atoms with Crippen molar-refractivity contribution in [2.75, 3.05) is 0 Å². The van der Waals surface area contributed by atoms with Crippen LogP contribution in [0.4, 0.5) is 0 Å². The van der Waals surface area contributed by atoms with E-state index in [0.717, 1.165) is 19.3 Å². The third-order valence-corrected chi connectivity index (χ3v) is 13.5. The van der Waals surface area contributed by atoms with Gasteiger partial charge in [0.25, 0.3) is 0 Å². The van der Waals surface area contributed by atoms with Gasteiger partial charge in [0, 0.05) is 31.2 Å². The Balaban J connectivity index is 1.61. The maximum atomic E-state index is 2.58. The molecule has 0 spiro atoms. The third-order valence-electron chi connectivity index (χ3n) is 9.60. The smallest absolute Gasteiger partial charge is 0.0538 e. The van der Waals surface area contributed by atoms with Crippen molar-refractivity contribution in [3.05, 3.63) is 143 Å². The minimum absolute atomic E-state index is 0.448. The zero-order valence-corrected chi connectivity index (χ0v) is 28.1. The molecule has 2 aliphatic rings. The van der Waals surface area contributed by atoms with E-state index in [0.29, 0.717) is 17.8 Å². The van der Waals surface area contributed by atoms with Crippen LogP contribution in [0.15, 0.2) is 147 Å². The highest BCUT2D eigenvalue weighted by Gasteiger charge is 2.36. The molecule has 0 fully saturated rings. The predicted molar refractivity (Wildman–Crippen MR) is 197 cm³/mol. The molecule has 2 heteroatoms. The fourth-order valence-corrected chi connectivity index (χ4v) is 11.3. The first-order chi connectivity index (χ1) is 21.9. The van der Waals surface area contributed by atoms with Gasteiger partial charge in [-0.15, -0.1) is 10.0 Å². The Morgan fingerprint density at radius 3 is 2.09 bits per heavy atom. The summed E-state index contributed by atoms with van der Waals surface area (Å²) in [6, 6.07) is 35.3. The fraction of sp³-hybridized carbons (Fsp3) is 0.256. The van der Waals surface area contributed by atoms with E-state index in [9.17, 15) is 0 Å². The predicted octanol–water partition coefficient (Wildman–Crippen LogP) is 13.0. The molecule has 0 radical (unpaired) electrons. The lowest BCUT2D eigenvalue weighted by Gasteiger charge is -2.44. The van der Waals surface area contributed by atoms with Gasteiger partial charge in [-0.05, 0) is 108 Å². The van der Waals surface area contributed by atoms with E-state index in [-0.39, 0.29) is 0 Å². The average molecular weight is 608 g/mol. The van der Waals surface area contributed by atoms with Crippen molar-refractivity contribution >= 4 is 37.5 Å². The number of benzene rings is 4. The lowest BCUT2D eigenvalue weighted by molar-refractivity contribution is 0.734. The molecule has 0 bridgehead atoms. The average Bonchev–Trinajstić information content (AvgIpc) is 3.40. The Labute approximate surface area is 271 Å². The van der Waals surface area contributed by atoms with Gasteiger partial charge >= 0.3 is 0 Å². The van der Waals surface area contributed by atoms with E-state index in [4.69, 9.17) is 0 Å². The molecule has 0 saturated carbocycles. The van der Waals surface area contributed by atoms with E-state index in [1.165, 1.54) is 58.2 Å². The highest BCUT2D eigenvalue weighted by atomic mass is 32.3. The molecule has 1 nitrogen and oxygen atoms in total. The van der Waals surface area contributed by atoms with E-state index in [2.05, 4.69) is 167 Å². The van der Waals surface area contributed by atoms with Gasteiger partial charge in [0.15, 0.2) is 0 Å². The molecule has 5 aromatic rings. The second-order valence-electron chi connectivity index (χ2n) is 13.4. The van der Waals surface area contributed by atoms with E-state index >= 15 is 0 Å². The van der Waals surface area contributed by atoms with Gasteiger partial charge in [-0.25, -0.2) is 0 Å². The summed E-state index contributed by atoms with van der Waals surface area (Å²) in [7, 11) is -1.82. The van der Waals surface area contributed by atoms with E-state index in [1.807, 2.05) is 0 Å². The first kappa shape index (κ1) is 29.7. The standard InChI is InChI=1S/C43H45NS/c1-30(2)33-26-34(31(3)4)28-39(27-33)45(36-18-10-7-11-19-36,37-20-14-15-32(5)25-37)38-23-24-43-41(29-38)40-21-12-13-22-42(40)44(43)35-16-8-6-9-17-35/h6-8,10-14,16,18-32H,9,15,17H2,1-5H3/t32-/m0/s1. The van der Waals surface area contributed by atoms with Crippen LogP contribution in [0, 0.1) is 5.92 Å². The maximum Gasteiger partial charge on any atom is 0.0538 e. The molecule has 2 aliphatic carbocycles. The van der Waals surface area contributed by atoms with E-state index < -0.39 is 10.0 Å². The molecular weight excluding hydrogens is 563 g/mol. The summed E-state index contributed by atoms with van der Waals surface area (Å²) in [5.74, 6) is 1.39. The minimum Gasteiger partial charge on any atom is -0.313 e. The number of para-hydroxylation sites is 1. The van der Waals surface area contributed by atoms with Crippen molar-refractivity contribution in [1.29, 1.82) is 0 Å². The molecule has 1 heterocycles. The van der Waals surface area contributed by atoms with Gasteiger partial charge in [0.1, 0.15) is 0 Å². The zero-order valence-electron chi connectivity index (χ0n) is 27.3. The van der Waals surface area contributed by atoms with Crippen LogP contribution in [-0.4, -0.2) is 4.57 Å². The molecule has 4 aromatic carbocycles. The summed E-state index contributed by atoms with van der Waals surface area (Å²) < 4.78 is 2.51. The Kier molecular flexibility index (Phi) is 7.96. The topological polar surface area (TPSA) is 4.93 Å². The molecule has 0 amide bonds. The van der Waals surface area contributed by atoms with Crippen LogP contribution in [0.25, 0.3) is 27.5 Å². The second-order valence-corrected chi connectivity index (χ2v) is 16.5. The van der Waals surface area contributed by atoms with Crippen molar-refractivity contribution in [1.82, 2.24) is 4.57 Å². The monoisotopic (exact) mass is 607 g/mol. The van der Waals surface area contributed by atoms with Gasteiger partial charge < -0.3 is 4.57 Å². The normalized spacial score (nSPS) is 18.8. The summed E-state index contributed by atoms with van der Waals surface area (Å²) in [5.41, 5.74) is 6.81. The van der Waals surface area contributed by atoms with Gasteiger partial charge in [-0.1, -0.05) is 107 Å². The highest BCUT2D eigenvalue weighted by molar-refractivity contribution is 8.37. The van der Waals surface area contributed by atoms with Crippen LogP contribution in [-0.2, 0) is 0 Å². The van der Waals surface area contributed by atoms with Crippen molar-refractivity contribution in [3.8, 4) is 0 Å². The molecular formula is C43H45NS. The fourth-order valence-electron chi connectivity index (χ4n) is 7.17. The van der Waals surface area contributed by atoms with Gasteiger partial charge in [-0.3, -0.25) is 0 Å². The second kappa shape index (κ2) is 12.1. The molecule has 0 aliphatic heterocycles. The molecule has 1 aromatic heterocycles. The highest BCUT2D eigenvalue weighted by Crippen LogP contribution is 2.74. The summed E-state index contributed by atoms with van der Waals surface area (Å²) in [5, 5.41) is 2.66. The summed E-state index contributed by atoms with van der Waals surface area (Å²) in [4.78, 5) is 5.69.